The van der Waals surface area contributed by atoms with E-state index in [-0.39, 0.29) is 6.61 Å². The first-order chi connectivity index (χ1) is 15.0. The summed E-state index contributed by atoms with van der Waals surface area (Å²) in [6.45, 7) is 12.7. The van der Waals surface area contributed by atoms with Gasteiger partial charge in [0.25, 0.3) is 0 Å². The highest BCUT2D eigenvalue weighted by atomic mass is 16.5. The summed E-state index contributed by atoms with van der Waals surface area (Å²) in [5, 5.41) is 10.5. The van der Waals surface area contributed by atoms with Crippen molar-refractivity contribution in [1.29, 1.82) is 0 Å². The number of hydrogen-bond acceptors (Lipinski definition) is 6. The molecule has 0 amide bonds. The highest BCUT2D eigenvalue weighted by Crippen LogP contribution is 2.28. The summed E-state index contributed by atoms with van der Waals surface area (Å²) in [7, 11) is 3.83. The molecule has 1 aromatic rings. The zero-order chi connectivity index (χ0) is 22.5. The van der Waals surface area contributed by atoms with Crippen molar-refractivity contribution in [3.8, 4) is 11.5 Å². The zero-order valence-electron chi connectivity index (χ0n) is 20.3. The van der Waals surface area contributed by atoms with Gasteiger partial charge < -0.3 is 29.3 Å². The number of rotatable bonds is 13. The Kier molecular flexibility index (Phi) is 12.3. The lowest BCUT2D eigenvalue weighted by Crippen LogP contribution is -2.37. The summed E-state index contributed by atoms with van der Waals surface area (Å²) in [4.78, 5) is 7.15. The molecule has 0 saturated carbocycles. The Labute approximate surface area is 190 Å². The predicted octanol–water partition coefficient (Wildman–Crippen LogP) is 3.47. The number of nitrogens with zero attached hydrogens (tertiary/aromatic N) is 3. The molecule has 1 atom stereocenters. The highest BCUT2D eigenvalue weighted by molar-refractivity contribution is 5.43. The molecule has 0 aliphatic carbocycles. The molecule has 1 fully saturated rings. The van der Waals surface area contributed by atoms with Crippen molar-refractivity contribution < 1.29 is 14.6 Å². The van der Waals surface area contributed by atoms with E-state index in [1.165, 1.54) is 37.7 Å². The van der Waals surface area contributed by atoms with Crippen LogP contribution in [0.15, 0.2) is 18.2 Å². The molecule has 0 spiro atoms. The van der Waals surface area contributed by atoms with E-state index in [1.54, 1.807) is 7.11 Å². The summed E-state index contributed by atoms with van der Waals surface area (Å²) in [6.07, 6.45) is 5.92. The van der Waals surface area contributed by atoms with Crippen molar-refractivity contribution in [3.63, 3.8) is 0 Å². The number of likely N-dealkylation sites (N-methyl/N-ethyl adjacent to an activating group) is 2. The van der Waals surface area contributed by atoms with Crippen LogP contribution >= 0.6 is 0 Å². The molecule has 0 radical (unpaired) electrons. The topological polar surface area (TPSA) is 48.4 Å². The minimum atomic E-state index is -0.491. The Morgan fingerprint density at radius 2 is 1.68 bits per heavy atom. The second kappa shape index (κ2) is 14.7. The maximum absolute atomic E-state index is 10.5. The first-order valence-corrected chi connectivity index (χ1v) is 12.2. The number of aliphatic hydroxyl groups is 1. The lowest BCUT2D eigenvalue weighted by atomic mass is 10.1. The van der Waals surface area contributed by atoms with E-state index in [1.807, 2.05) is 12.1 Å². The van der Waals surface area contributed by atoms with Crippen LogP contribution in [0, 0.1) is 0 Å². The molecule has 178 valence electrons. The zero-order valence-corrected chi connectivity index (χ0v) is 20.3. The van der Waals surface area contributed by atoms with Crippen LogP contribution in [0.4, 0.5) is 0 Å². The van der Waals surface area contributed by atoms with Crippen molar-refractivity contribution in [1.82, 2.24) is 14.7 Å². The van der Waals surface area contributed by atoms with Gasteiger partial charge in [-0.25, -0.2) is 0 Å². The van der Waals surface area contributed by atoms with Gasteiger partial charge >= 0.3 is 0 Å². The number of aliphatic hydroxyl groups excluding tert-OH is 1. The molecule has 1 N–H and O–H groups in total. The van der Waals surface area contributed by atoms with Gasteiger partial charge in [0.2, 0.25) is 0 Å². The van der Waals surface area contributed by atoms with Crippen LogP contribution in [-0.4, -0.2) is 92.5 Å². The first-order valence-electron chi connectivity index (χ1n) is 12.2. The summed E-state index contributed by atoms with van der Waals surface area (Å²) < 4.78 is 11.5. The van der Waals surface area contributed by atoms with Gasteiger partial charge in [0, 0.05) is 26.2 Å². The molecule has 1 aromatic carbocycles. The number of methoxy groups -OCH3 is 1. The molecule has 1 saturated heterocycles. The Bertz CT molecular complexity index is 602. The molecular weight excluding hydrogens is 390 g/mol. The maximum Gasteiger partial charge on any atom is 0.161 e. The quantitative estimate of drug-likeness (QED) is 0.512. The van der Waals surface area contributed by atoms with E-state index in [9.17, 15) is 5.11 Å². The third-order valence-electron chi connectivity index (χ3n) is 6.22. The van der Waals surface area contributed by atoms with Crippen LogP contribution in [0.25, 0.3) is 0 Å². The van der Waals surface area contributed by atoms with E-state index in [4.69, 9.17) is 9.47 Å². The first kappa shape index (κ1) is 25.9. The summed E-state index contributed by atoms with van der Waals surface area (Å²) in [6, 6.07) is 6.11. The Balaban J connectivity index is 1.82. The van der Waals surface area contributed by atoms with E-state index < -0.39 is 6.10 Å². The van der Waals surface area contributed by atoms with E-state index >= 15 is 0 Å². The van der Waals surface area contributed by atoms with Gasteiger partial charge in [-0.2, -0.15) is 0 Å². The molecule has 6 heteroatoms. The molecule has 1 aliphatic heterocycles. The van der Waals surface area contributed by atoms with Gasteiger partial charge in [-0.05, 0) is 63.8 Å². The second-order valence-corrected chi connectivity index (χ2v) is 8.78. The second-order valence-electron chi connectivity index (χ2n) is 8.78. The number of β-amino-alcohol motifs (C(OH)–C–C–N with tert-alkyl or cyclic N) is 1. The summed E-state index contributed by atoms with van der Waals surface area (Å²) in [5.74, 6) is 1.43. The lowest BCUT2D eigenvalue weighted by Gasteiger charge is -2.27. The van der Waals surface area contributed by atoms with Crippen LogP contribution in [0.5, 0.6) is 11.5 Å². The Morgan fingerprint density at radius 3 is 2.32 bits per heavy atom. The normalized spacial score (nSPS) is 16.9. The number of likely N-dealkylation sites (tertiary alicyclic amines) is 1. The van der Waals surface area contributed by atoms with Gasteiger partial charge in [0.1, 0.15) is 12.7 Å². The third-order valence-corrected chi connectivity index (χ3v) is 6.22. The minimum Gasteiger partial charge on any atom is -0.493 e. The Hall–Kier alpha value is -1.34. The van der Waals surface area contributed by atoms with Crippen LogP contribution in [0.2, 0.25) is 0 Å². The van der Waals surface area contributed by atoms with E-state index in [2.05, 4.69) is 41.7 Å². The minimum absolute atomic E-state index is 0.288. The lowest BCUT2D eigenvalue weighted by molar-refractivity contribution is 0.0645. The van der Waals surface area contributed by atoms with Crippen molar-refractivity contribution in [2.75, 3.05) is 66.6 Å². The van der Waals surface area contributed by atoms with Crippen LogP contribution in [0.3, 0.4) is 0 Å². The fraction of sp³-hybridized carbons (Fsp3) is 0.760. The summed E-state index contributed by atoms with van der Waals surface area (Å²) >= 11 is 0. The number of hydrogen-bond donors (Lipinski definition) is 1. The van der Waals surface area contributed by atoms with Crippen molar-refractivity contribution >= 4 is 0 Å². The van der Waals surface area contributed by atoms with E-state index in [0.717, 1.165) is 51.6 Å². The van der Waals surface area contributed by atoms with Gasteiger partial charge in [-0.15, -0.1) is 0 Å². The van der Waals surface area contributed by atoms with Crippen LogP contribution < -0.4 is 9.47 Å². The standard InChI is InChI=1S/C25H45N3O3/c1-5-27(6-2)17-16-26(3)19-22-12-13-24(25(18-22)30-4)31-21-23(29)20-28-14-10-8-7-9-11-15-28/h12-13,18,23,29H,5-11,14-17,19-21H2,1-4H3. The predicted molar refractivity (Wildman–Crippen MR) is 128 cm³/mol. The SMILES string of the molecule is CCN(CC)CCN(C)Cc1ccc(OCC(O)CN2CCCCCCC2)c(OC)c1. The molecule has 0 aromatic heterocycles. The maximum atomic E-state index is 10.5. The van der Waals surface area contributed by atoms with Crippen LogP contribution in [-0.2, 0) is 6.54 Å². The van der Waals surface area contributed by atoms with Crippen molar-refractivity contribution in [3.05, 3.63) is 23.8 Å². The average Bonchev–Trinajstić information content (AvgIpc) is 2.75. The molecule has 0 bridgehead atoms. The molecule has 2 rings (SSSR count). The molecular formula is C25H45N3O3. The summed E-state index contributed by atoms with van der Waals surface area (Å²) in [5.41, 5.74) is 1.20. The smallest absolute Gasteiger partial charge is 0.161 e. The average molecular weight is 436 g/mol. The molecule has 1 aliphatic rings. The van der Waals surface area contributed by atoms with Crippen LogP contribution in [0.1, 0.15) is 51.5 Å². The van der Waals surface area contributed by atoms with Crippen molar-refractivity contribution in [2.45, 2.75) is 58.6 Å². The highest BCUT2D eigenvalue weighted by Gasteiger charge is 2.15. The fourth-order valence-corrected chi connectivity index (χ4v) is 4.20. The molecule has 6 nitrogen and oxygen atoms in total. The van der Waals surface area contributed by atoms with Gasteiger partial charge in [-0.3, -0.25) is 0 Å². The number of benzene rings is 1. The Morgan fingerprint density at radius 1 is 1.00 bits per heavy atom. The monoisotopic (exact) mass is 435 g/mol. The van der Waals surface area contributed by atoms with Gasteiger partial charge in [0.15, 0.2) is 11.5 Å². The van der Waals surface area contributed by atoms with Gasteiger partial charge in [-0.1, -0.05) is 39.2 Å². The molecule has 1 unspecified atom stereocenters. The number of ether oxygens (including phenoxy) is 2. The molecule has 31 heavy (non-hydrogen) atoms. The fourth-order valence-electron chi connectivity index (χ4n) is 4.20. The van der Waals surface area contributed by atoms with Crippen molar-refractivity contribution in [2.24, 2.45) is 0 Å². The largest absolute Gasteiger partial charge is 0.493 e. The third kappa shape index (κ3) is 9.77. The molecule has 1 heterocycles. The van der Waals surface area contributed by atoms with Gasteiger partial charge in [0.05, 0.1) is 7.11 Å². The van der Waals surface area contributed by atoms with E-state index in [0.29, 0.717) is 12.3 Å².